The zero-order valence-electron chi connectivity index (χ0n) is 12.2. The lowest BCUT2D eigenvalue weighted by Crippen LogP contribution is -2.46. The van der Waals surface area contributed by atoms with E-state index in [1.54, 1.807) is 0 Å². The molecule has 2 aliphatic rings. The molecule has 0 aliphatic carbocycles. The van der Waals surface area contributed by atoms with Crippen molar-refractivity contribution in [3.05, 3.63) is 0 Å². The Morgan fingerprint density at radius 3 is 2.79 bits per heavy atom. The number of nitrogens with one attached hydrogen (secondary N) is 1. The molecule has 5 nitrogen and oxygen atoms in total. The van der Waals surface area contributed by atoms with Gasteiger partial charge in [0.2, 0.25) is 0 Å². The minimum Gasteiger partial charge on any atom is -0.396 e. The molecule has 2 atom stereocenters. The van der Waals surface area contributed by atoms with E-state index in [1.807, 2.05) is 0 Å². The molecule has 0 bridgehead atoms. The van der Waals surface area contributed by atoms with E-state index < -0.39 is 0 Å². The average molecular weight is 271 g/mol. The average Bonchev–Trinajstić information content (AvgIpc) is 2.89. The lowest BCUT2D eigenvalue weighted by Gasteiger charge is -2.32. The molecule has 112 valence electrons. The van der Waals surface area contributed by atoms with E-state index >= 15 is 0 Å². The second-order valence-electron chi connectivity index (χ2n) is 5.62. The Morgan fingerprint density at radius 2 is 2.11 bits per heavy atom. The van der Waals surface area contributed by atoms with E-state index in [2.05, 4.69) is 22.0 Å². The molecule has 2 unspecified atom stereocenters. The largest absolute Gasteiger partial charge is 0.396 e. The highest BCUT2D eigenvalue weighted by molar-refractivity contribution is 4.86. The number of ether oxygens (including phenoxy) is 1. The standard InChI is InChI=1S/C14H29N3O2/c1-2-15-13(4-8-18)11-16-5-3-14(12-16)17-6-9-19-10-7-17/h13-15,18H,2-12H2,1H3. The van der Waals surface area contributed by atoms with Crippen LogP contribution in [0.1, 0.15) is 19.8 Å². The van der Waals surface area contributed by atoms with Crippen molar-refractivity contribution in [3.8, 4) is 0 Å². The zero-order valence-corrected chi connectivity index (χ0v) is 12.2. The molecule has 0 saturated carbocycles. The van der Waals surface area contributed by atoms with Gasteiger partial charge in [0.25, 0.3) is 0 Å². The van der Waals surface area contributed by atoms with E-state index in [0.717, 1.165) is 45.8 Å². The third kappa shape index (κ3) is 4.68. The summed E-state index contributed by atoms with van der Waals surface area (Å²) in [6.45, 7) is 10.8. The Hall–Kier alpha value is -0.200. The minimum absolute atomic E-state index is 0.276. The van der Waals surface area contributed by atoms with Gasteiger partial charge < -0.3 is 20.1 Å². The first-order valence-corrected chi connectivity index (χ1v) is 7.72. The molecule has 0 radical (unpaired) electrons. The summed E-state index contributed by atoms with van der Waals surface area (Å²) in [7, 11) is 0. The highest BCUT2D eigenvalue weighted by Gasteiger charge is 2.29. The van der Waals surface area contributed by atoms with Crippen molar-refractivity contribution in [1.82, 2.24) is 15.1 Å². The van der Waals surface area contributed by atoms with Crippen LogP contribution in [0.4, 0.5) is 0 Å². The van der Waals surface area contributed by atoms with Crippen LogP contribution in [0, 0.1) is 0 Å². The Labute approximate surface area is 116 Å². The summed E-state index contributed by atoms with van der Waals surface area (Å²) < 4.78 is 5.42. The number of nitrogens with zero attached hydrogens (tertiary/aromatic N) is 2. The summed E-state index contributed by atoms with van der Waals surface area (Å²) >= 11 is 0. The molecule has 2 fully saturated rings. The van der Waals surface area contributed by atoms with Gasteiger partial charge in [0.15, 0.2) is 0 Å². The normalized spacial score (nSPS) is 27.8. The Kier molecular flexibility index (Phi) is 6.53. The number of morpholine rings is 1. The Bertz CT molecular complexity index is 241. The van der Waals surface area contributed by atoms with Crippen LogP contribution in [0.5, 0.6) is 0 Å². The van der Waals surface area contributed by atoms with Crippen LogP contribution in [0.15, 0.2) is 0 Å². The summed E-state index contributed by atoms with van der Waals surface area (Å²) in [5.41, 5.74) is 0. The molecule has 5 heteroatoms. The first-order valence-electron chi connectivity index (χ1n) is 7.72. The molecule has 19 heavy (non-hydrogen) atoms. The highest BCUT2D eigenvalue weighted by Crippen LogP contribution is 2.17. The van der Waals surface area contributed by atoms with Crippen LogP contribution in [-0.4, -0.2) is 86.1 Å². The van der Waals surface area contributed by atoms with Gasteiger partial charge in [0.05, 0.1) is 13.2 Å². The summed E-state index contributed by atoms with van der Waals surface area (Å²) in [5.74, 6) is 0. The molecule has 0 aromatic heterocycles. The summed E-state index contributed by atoms with van der Waals surface area (Å²) in [6.07, 6.45) is 2.13. The predicted octanol–water partition coefficient (Wildman–Crippen LogP) is -0.247. The summed E-state index contributed by atoms with van der Waals surface area (Å²) in [6, 6.07) is 1.14. The predicted molar refractivity (Wildman–Crippen MR) is 76.4 cm³/mol. The van der Waals surface area contributed by atoms with Gasteiger partial charge in [-0.15, -0.1) is 0 Å². The Morgan fingerprint density at radius 1 is 1.32 bits per heavy atom. The quantitative estimate of drug-likeness (QED) is 0.669. The van der Waals surface area contributed by atoms with Crippen molar-refractivity contribution in [1.29, 1.82) is 0 Å². The number of aliphatic hydroxyl groups excluding tert-OH is 1. The van der Waals surface area contributed by atoms with Crippen LogP contribution < -0.4 is 5.32 Å². The summed E-state index contributed by atoms with van der Waals surface area (Å²) in [4.78, 5) is 5.13. The molecule has 2 N–H and O–H groups in total. The van der Waals surface area contributed by atoms with Gasteiger partial charge in [-0.3, -0.25) is 4.90 Å². The van der Waals surface area contributed by atoms with Gasteiger partial charge in [-0.1, -0.05) is 6.92 Å². The lowest BCUT2D eigenvalue weighted by molar-refractivity contribution is 0.0183. The monoisotopic (exact) mass is 271 g/mol. The maximum Gasteiger partial charge on any atom is 0.0594 e. The van der Waals surface area contributed by atoms with Crippen LogP contribution in [-0.2, 0) is 4.74 Å². The van der Waals surface area contributed by atoms with Crippen molar-refractivity contribution >= 4 is 0 Å². The molecular weight excluding hydrogens is 242 g/mol. The molecule has 0 amide bonds. The number of likely N-dealkylation sites (N-methyl/N-ethyl adjacent to an activating group) is 1. The number of likely N-dealkylation sites (tertiary alicyclic amines) is 1. The summed E-state index contributed by atoms with van der Waals surface area (Å²) in [5, 5.41) is 12.6. The molecule has 2 rings (SSSR count). The third-order valence-electron chi connectivity index (χ3n) is 4.26. The van der Waals surface area contributed by atoms with Crippen LogP contribution in [0.25, 0.3) is 0 Å². The van der Waals surface area contributed by atoms with Gasteiger partial charge in [-0.25, -0.2) is 0 Å². The SMILES string of the molecule is CCNC(CCO)CN1CCC(N2CCOCC2)C1. The van der Waals surface area contributed by atoms with E-state index in [-0.39, 0.29) is 6.61 Å². The number of rotatable bonds is 7. The molecule has 2 saturated heterocycles. The van der Waals surface area contributed by atoms with Crippen LogP contribution in [0.3, 0.4) is 0 Å². The van der Waals surface area contributed by atoms with E-state index in [1.165, 1.54) is 19.5 Å². The zero-order chi connectivity index (χ0) is 13.5. The molecule has 0 aromatic carbocycles. The van der Waals surface area contributed by atoms with Crippen LogP contribution in [0.2, 0.25) is 0 Å². The number of hydrogen-bond acceptors (Lipinski definition) is 5. The van der Waals surface area contributed by atoms with Gasteiger partial charge in [0, 0.05) is 44.9 Å². The molecule has 2 heterocycles. The maximum atomic E-state index is 9.11. The van der Waals surface area contributed by atoms with Gasteiger partial charge in [-0.05, 0) is 25.9 Å². The van der Waals surface area contributed by atoms with Crippen molar-refractivity contribution in [2.45, 2.75) is 31.8 Å². The maximum absolute atomic E-state index is 9.11. The smallest absolute Gasteiger partial charge is 0.0594 e. The fraction of sp³-hybridized carbons (Fsp3) is 1.00. The van der Waals surface area contributed by atoms with Crippen molar-refractivity contribution in [2.24, 2.45) is 0 Å². The van der Waals surface area contributed by atoms with Gasteiger partial charge in [-0.2, -0.15) is 0 Å². The van der Waals surface area contributed by atoms with E-state index in [9.17, 15) is 0 Å². The first-order chi connectivity index (χ1) is 9.33. The fourth-order valence-electron chi connectivity index (χ4n) is 3.23. The van der Waals surface area contributed by atoms with E-state index in [0.29, 0.717) is 12.1 Å². The van der Waals surface area contributed by atoms with Gasteiger partial charge in [0.1, 0.15) is 0 Å². The molecule has 0 aromatic rings. The molecule has 2 aliphatic heterocycles. The first kappa shape index (κ1) is 15.2. The lowest BCUT2D eigenvalue weighted by atomic mass is 10.2. The van der Waals surface area contributed by atoms with Crippen molar-refractivity contribution < 1.29 is 9.84 Å². The third-order valence-corrected chi connectivity index (χ3v) is 4.26. The second-order valence-corrected chi connectivity index (χ2v) is 5.62. The van der Waals surface area contributed by atoms with Crippen molar-refractivity contribution in [3.63, 3.8) is 0 Å². The molecular formula is C14H29N3O2. The second kappa shape index (κ2) is 8.17. The number of hydrogen-bond donors (Lipinski definition) is 2. The topological polar surface area (TPSA) is 48.0 Å². The van der Waals surface area contributed by atoms with E-state index in [4.69, 9.17) is 9.84 Å². The van der Waals surface area contributed by atoms with Gasteiger partial charge >= 0.3 is 0 Å². The highest BCUT2D eigenvalue weighted by atomic mass is 16.5. The molecule has 0 spiro atoms. The fourth-order valence-corrected chi connectivity index (χ4v) is 3.23. The van der Waals surface area contributed by atoms with Crippen LogP contribution >= 0.6 is 0 Å². The Balaban J connectivity index is 1.73. The van der Waals surface area contributed by atoms with Crippen molar-refractivity contribution in [2.75, 3.05) is 59.1 Å². The minimum atomic E-state index is 0.276. The number of aliphatic hydroxyl groups is 1.